The number of hydrogen-bond donors (Lipinski definition) is 2. The van der Waals surface area contributed by atoms with E-state index in [4.69, 9.17) is 28.9 Å². The van der Waals surface area contributed by atoms with E-state index in [0.717, 1.165) is 37.2 Å². The van der Waals surface area contributed by atoms with Crippen LogP contribution in [-0.2, 0) is 11.2 Å². The number of nitrogens with two attached hydrogens (primary N) is 1. The number of nitrogen functional groups attached to an aromatic ring is 1. The van der Waals surface area contributed by atoms with E-state index in [1.54, 1.807) is 12.1 Å². The second-order valence-corrected chi connectivity index (χ2v) is 8.90. The average molecular weight is 450 g/mol. The topological polar surface area (TPSA) is 58.4 Å². The maximum absolute atomic E-state index is 13.2. The number of halogens is 2. The first-order valence-corrected chi connectivity index (χ1v) is 11.2. The fraction of sp³-hybridized carbons (Fsp3) is 0.318. The highest BCUT2D eigenvalue weighted by Crippen LogP contribution is 2.32. The van der Waals surface area contributed by atoms with Crippen molar-refractivity contribution in [3.8, 4) is 0 Å². The Morgan fingerprint density at radius 2 is 1.79 bits per heavy atom. The zero-order chi connectivity index (χ0) is 20.8. The maximum Gasteiger partial charge on any atom is 0.240 e. The van der Waals surface area contributed by atoms with Gasteiger partial charge >= 0.3 is 0 Å². The predicted octanol–water partition coefficient (Wildman–Crippen LogP) is 5.35. The van der Waals surface area contributed by atoms with Crippen LogP contribution >= 0.6 is 35.1 Å². The largest absolute Gasteiger partial charge is 0.396 e. The molecule has 1 heterocycles. The van der Waals surface area contributed by atoms with Gasteiger partial charge in [0.2, 0.25) is 5.91 Å². The summed E-state index contributed by atoms with van der Waals surface area (Å²) in [5.41, 5.74) is 8.60. The van der Waals surface area contributed by atoms with Crippen molar-refractivity contribution in [1.29, 1.82) is 0 Å². The maximum atomic E-state index is 13.2. The third-order valence-electron chi connectivity index (χ3n) is 5.02. The third-order valence-corrected chi connectivity index (χ3v) is 6.52. The second-order valence-electron chi connectivity index (χ2n) is 7.17. The van der Waals surface area contributed by atoms with Crippen molar-refractivity contribution in [2.75, 3.05) is 18.8 Å². The fourth-order valence-electron chi connectivity index (χ4n) is 3.21. The lowest BCUT2D eigenvalue weighted by Crippen LogP contribution is -2.47. The van der Waals surface area contributed by atoms with Gasteiger partial charge in [0.05, 0.1) is 21.8 Å². The number of amides is 1. The number of carbonyl (C=O) groups excluding carboxylic acids is 1. The first-order valence-electron chi connectivity index (χ1n) is 9.60. The normalized spacial score (nSPS) is 15.4. The van der Waals surface area contributed by atoms with E-state index >= 15 is 0 Å². The molecule has 1 aliphatic rings. The van der Waals surface area contributed by atoms with Gasteiger partial charge in [-0.2, -0.15) is 0 Å². The molecule has 1 saturated heterocycles. The van der Waals surface area contributed by atoms with Gasteiger partial charge in [-0.05, 0) is 55.3 Å². The van der Waals surface area contributed by atoms with Crippen molar-refractivity contribution in [3.05, 3.63) is 70.2 Å². The minimum Gasteiger partial charge on any atom is -0.396 e. The van der Waals surface area contributed by atoms with Crippen LogP contribution in [0.4, 0.5) is 5.69 Å². The Hall–Kier alpha value is -1.66. The molecule has 1 fully saturated rings. The summed E-state index contributed by atoms with van der Waals surface area (Å²) < 4.78 is 3.33. The molecule has 7 heteroatoms. The van der Waals surface area contributed by atoms with Crippen LogP contribution in [0.3, 0.4) is 0 Å². The number of benzene rings is 2. The third kappa shape index (κ3) is 6.16. The Kier molecular flexibility index (Phi) is 7.90. The van der Waals surface area contributed by atoms with E-state index in [9.17, 15) is 4.79 Å². The number of carbonyl (C=O) groups is 1. The molecule has 2 aromatic rings. The molecule has 154 valence electrons. The van der Waals surface area contributed by atoms with Crippen molar-refractivity contribution in [3.63, 3.8) is 0 Å². The molecule has 0 saturated carbocycles. The van der Waals surface area contributed by atoms with E-state index in [1.165, 1.54) is 23.1 Å². The smallest absolute Gasteiger partial charge is 0.240 e. The molecule has 29 heavy (non-hydrogen) atoms. The van der Waals surface area contributed by atoms with Crippen LogP contribution in [0.15, 0.2) is 59.5 Å². The molecular formula is C22H25Cl2N3OS. The minimum absolute atomic E-state index is 0.119. The summed E-state index contributed by atoms with van der Waals surface area (Å²) >= 11 is 13.6. The fourth-order valence-corrected chi connectivity index (χ4v) is 4.68. The van der Waals surface area contributed by atoms with E-state index < -0.39 is 0 Å². The van der Waals surface area contributed by atoms with Crippen molar-refractivity contribution >= 4 is 46.7 Å². The van der Waals surface area contributed by atoms with Crippen molar-refractivity contribution in [2.45, 2.75) is 36.6 Å². The Morgan fingerprint density at radius 3 is 2.41 bits per heavy atom. The SMILES string of the molecule is C=C1CCN(C(=O)C(CCc2ccccc2)NSc2cc(Cl)c(N)c(Cl)c2)CC1. The molecule has 1 unspecified atom stereocenters. The number of nitrogens with zero attached hydrogens (tertiary/aromatic N) is 1. The van der Waals surface area contributed by atoms with Gasteiger partial charge in [-0.1, -0.05) is 65.7 Å². The Morgan fingerprint density at radius 1 is 1.17 bits per heavy atom. The van der Waals surface area contributed by atoms with Gasteiger partial charge in [0.25, 0.3) is 0 Å². The lowest BCUT2D eigenvalue weighted by atomic mass is 10.0. The zero-order valence-corrected chi connectivity index (χ0v) is 18.5. The van der Waals surface area contributed by atoms with Crippen LogP contribution in [-0.4, -0.2) is 29.9 Å². The summed E-state index contributed by atoms with van der Waals surface area (Å²) in [4.78, 5) is 15.9. The number of anilines is 1. The molecule has 1 atom stereocenters. The Labute approximate surface area is 186 Å². The summed E-state index contributed by atoms with van der Waals surface area (Å²) in [6.07, 6.45) is 3.25. The predicted molar refractivity (Wildman–Crippen MR) is 123 cm³/mol. The summed E-state index contributed by atoms with van der Waals surface area (Å²) in [5, 5.41) is 0.812. The molecule has 4 nitrogen and oxygen atoms in total. The zero-order valence-electron chi connectivity index (χ0n) is 16.2. The van der Waals surface area contributed by atoms with Crippen molar-refractivity contribution in [1.82, 2.24) is 9.62 Å². The number of piperidine rings is 1. The summed E-state index contributed by atoms with van der Waals surface area (Å²) in [6, 6.07) is 13.4. The van der Waals surface area contributed by atoms with E-state index in [2.05, 4.69) is 23.4 Å². The number of likely N-dealkylation sites (tertiary alicyclic amines) is 1. The highest BCUT2D eigenvalue weighted by Gasteiger charge is 2.26. The van der Waals surface area contributed by atoms with Crippen LogP contribution < -0.4 is 10.5 Å². The molecular weight excluding hydrogens is 425 g/mol. The first-order chi connectivity index (χ1) is 13.9. The number of rotatable bonds is 7. The molecule has 0 aromatic heterocycles. The van der Waals surface area contributed by atoms with Gasteiger partial charge in [-0.25, -0.2) is 4.72 Å². The Bertz CT molecular complexity index is 843. The quantitative estimate of drug-likeness (QED) is 0.339. The van der Waals surface area contributed by atoms with Gasteiger partial charge < -0.3 is 10.6 Å². The van der Waals surface area contributed by atoms with Gasteiger partial charge in [0.15, 0.2) is 0 Å². The number of nitrogens with one attached hydrogen (secondary N) is 1. The van der Waals surface area contributed by atoms with Crippen LogP contribution in [0, 0.1) is 0 Å². The van der Waals surface area contributed by atoms with Gasteiger partial charge in [-0.3, -0.25) is 4.79 Å². The van der Waals surface area contributed by atoms with Crippen LogP contribution in [0.5, 0.6) is 0 Å². The van der Waals surface area contributed by atoms with Crippen LogP contribution in [0.1, 0.15) is 24.8 Å². The molecule has 0 bridgehead atoms. The lowest BCUT2D eigenvalue weighted by molar-refractivity contribution is -0.133. The minimum atomic E-state index is -0.318. The highest BCUT2D eigenvalue weighted by molar-refractivity contribution is 7.97. The molecule has 3 N–H and O–H groups in total. The van der Waals surface area contributed by atoms with Crippen LogP contribution in [0.2, 0.25) is 10.0 Å². The first kappa shape index (κ1) is 22.0. The van der Waals surface area contributed by atoms with Gasteiger partial charge in [0, 0.05) is 18.0 Å². The van der Waals surface area contributed by atoms with Crippen molar-refractivity contribution in [2.24, 2.45) is 0 Å². The standard InChI is InChI=1S/C22H25Cl2N3OS/c1-15-9-11-27(12-10-15)22(28)20(8-7-16-5-3-2-4-6-16)26-29-17-13-18(23)21(25)19(24)14-17/h2-6,13-14,20,26H,1,7-12,25H2. The summed E-state index contributed by atoms with van der Waals surface area (Å²) in [7, 11) is 0. The second kappa shape index (κ2) is 10.4. The van der Waals surface area contributed by atoms with E-state index in [0.29, 0.717) is 22.2 Å². The molecule has 1 amide bonds. The highest BCUT2D eigenvalue weighted by atomic mass is 35.5. The molecule has 0 spiro atoms. The molecule has 0 aliphatic carbocycles. The Balaban J connectivity index is 1.69. The van der Waals surface area contributed by atoms with Crippen molar-refractivity contribution < 1.29 is 4.79 Å². The monoisotopic (exact) mass is 449 g/mol. The summed E-state index contributed by atoms with van der Waals surface area (Å²) in [6.45, 7) is 5.49. The summed E-state index contributed by atoms with van der Waals surface area (Å²) in [5.74, 6) is 0.119. The molecule has 1 aliphatic heterocycles. The van der Waals surface area contributed by atoms with Crippen LogP contribution in [0.25, 0.3) is 0 Å². The van der Waals surface area contributed by atoms with E-state index in [1.807, 2.05) is 23.1 Å². The number of aryl methyl sites for hydroxylation is 1. The van der Waals surface area contributed by atoms with Gasteiger partial charge in [-0.15, -0.1) is 0 Å². The molecule has 0 radical (unpaired) electrons. The average Bonchev–Trinajstić information content (AvgIpc) is 2.73. The lowest BCUT2D eigenvalue weighted by Gasteiger charge is -2.31. The number of hydrogen-bond acceptors (Lipinski definition) is 4. The molecule has 3 rings (SSSR count). The van der Waals surface area contributed by atoms with E-state index in [-0.39, 0.29) is 11.9 Å². The molecule has 2 aromatic carbocycles. The van der Waals surface area contributed by atoms with Gasteiger partial charge in [0.1, 0.15) is 0 Å².